The molecule has 0 saturated carbocycles. The fourth-order valence-electron chi connectivity index (χ4n) is 2.85. The maximum Gasteiger partial charge on any atom is 0.227 e. The van der Waals surface area contributed by atoms with E-state index < -0.39 is 0 Å². The Bertz CT molecular complexity index is 928. The van der Waals surface area contributed by atoms with E-state index in [1.807, 2.05) is 45.3 Å². The molecule has 2 aromatic heterocycles. The van der Waals surface area contributed by atoms with Gasteiger partial charge in [0.2, 0.25) is 11.6 Å². The Labute approximate surface area is 136 Å². The Kier molecular flexibility index (Phi) is 3.87. The molecular formula is C20H21N2O+. The number of pyridine rings is 1. The van der Waals surface area contributed by atoms with E-state index in [-0.39, 0.29) is 0 Å². The molecule has 2 heterocycles. The molecule has 1 aromatic carbocycles. The summed E-state index contributed by atoms with van der Waals surface area (Å²) in [6.07, 6.45) is 3.86. The SMILES string of the molecule is C=Cc1c(N=C(C)C)oc2c(-c3cccc[n+]3C)c(C)ccc12. The van der Waals surface area contributed by atoms with Gasteiger partial charge in [-0.3, -0.25) is 0 Å². The minimum absolute atomic E-state index is 0.625. The minimum Gasteiger partial charge on any atom is -0.437 e. The van der Waals surface area contributed by atoms with Crippen LogP contribution >= 0.6 is 0 Å². The molecule has 3 rings (SSSR count). The van der Waals surface area contributed by atoms with E-state index in [4.69, 9.17) is 4.42 Å². The first-order valence-electron chi connectivity index (χ1n) is 7.68. The van der Waals surface area contributed by atoms with Gasteiger partial charge in [0.15, 0.2) is 11.8 Å². The van der Waals surface area contributed by atoms with E-state index in [0.717, 1.165) is 33.5 Å². The zero-order chi connectivity index (χ0) is 16.6. The number of nitrogens with zero attached hydrogens (tertiary/aromatic N) is 2. The zero-order valence-corrected chi connectivity index (χ0v) is 14.1. The lowest BCUT2D eigenvalue weighted by Gasteiger charge is -2.05. The van der Waals surface area contributed by atoms with E-state index in [1.165, 1.54) is 5.56 Å². The molecule has 0 N–H and O–H groups in total. The van der Waals surface area contributed by atoms with Crippen LogP contribution in [0.3, 0.4) is 0 Å². The predicted molar refractivity (Wildman–Crippen MR) is 96.1 cm³/mol. The van der Waals surface area contributed by atoms with Gasteiger partial charge >= 0.3 is 0 Å². The van der Waals surface area contributed by atoms with Crippen LogP contribution in [0.25, 0.3) is 28.3 Å². The third kappa shape index (κ3) is 2.59. The largest absolute Gasteiger partial charge is 0.437 e. The van der Waals surface area contributed by atoms with Gasteiger partial charge in [-0.25, -0.2) is 9.56 Å². The van der Waals surface area contributed by atoms with Crippen LogP contribution in [-0.4, -0.2) is 5.71 Å². The standard InChI is InChI=1S/C20H21N2O/c1-6-15-16-11-10-14(4)18(17-9-7-8-12-22(17)5)19(16)23-20(15)21-13(2)3/h6-12H,1H2,2-5H3/q+1. The van der Waals surface area contributed by atoms with Crippen molar-refractivity contribution in [2.75, 3.05) is 0 Å². The van der Waals surface area contributed by atoms with Crippen LogP contribution in [0.4, 0.5) is 5.88 Å². The lowest BCUT2D eigenvalue weighted by molar-refractivity contribution is -0.660. The third-order valence-electron chi connectivity index (χ3n) is 3.93. The lowest BCUT2D eigenvalue weighted by atomic mass is 10.0. The van der Waals surface area contributed by atoms with Crippen molar-refractivity contribution in [3.8, 4) is 11.3 Å². The molecule has 116 valence electrons. The highest BCUT2D eigenvalue weighted by molar-refractivity contribution is 6.01. The highest BCUT2D eigenvalue weighted by atomic mass is 16.3. The average molecular weight is 305 g/mol. The molecule has 0 bridgehead atoms. The Morgan fingerprint density at radius 1 is 1.22 bits per heavy atom. The van der Waals surface area contributed by atoms with Crippen molar-refractivity contribution < 1.29 is 8.98 Å². The highest BCUT2D eigenvalue weighted by Crippen LogP contribution is 2.39. The summed E-state index contributed by atoms with van der Waals surface area (Å²) in [5.74, 6) is 0.625. The van der Waals surface area contributed by atoms with Crippen LogP contribution in [0, 0.1) is 6.92 Å². The minimum atomic E-state index is 0.625. The predicted octanol–water partition coefficient (Wildman–Crippen LogP) is 4.99. The van der Waals surface area contributed by atoms with E-state index in [0.29, 0.717) is 5.88 Å². The molecule has 0 atom stereocenters. The molecule has 0 unspecified atom stereocenters. The van der Waals surface area contributed by atoms with Gasteiger partial charge in [-0.05, 0) is 32.4 Å². The van der Waals surface area contributed by atoms with E-state index >= 15 is 0 Å². The van der Waals surface area contributed by atoms with E-state index in [2.05, 4.69) is 41.3 Å². The molecule has 0 aliphatic heterocycles. The molecule has 0 spiro atoms. The first-order chi connectivity index (χ1) is 11.0. The molecule has 0 amide bonds. The van der Waals surface area contributed by atoms with Crippen molar-refractivity contribution >= 4 is 28.6 Å². The van der Waals surface area contributed by atoms with Crippen molar-refractivity contribution in [3.63, 3.8) is 0 Å². The van der Waals surface area contributed by atoms with Crippen LogP contribution < -0.4 is 4.57 Å². The van der Waals surface area contributed by atoms with Gasteiger partial charge in [0, 0.05) is 28.8 Å². The average Bonchev–Trinajstić information content (AvgIpc) is 2.84. The number of rotatable bonds is 3. The summed E-state index contributed by atoms with van der Waals surface area (Å²) in [5, 5.41) is 1.05. The number of benzene rings is 1. The fraction of sp³-hybridized carbons (Fsp3) is 0.200. The van der Waals surface area contributed by atoms with Crippen LogP contribution in [0.15, 0.2) is 52.5 Å². The van der Waals surface area contributed by atoms with Gasteiger partial charge in [-0.15, -0.1) is 0 Å². The van der Waals surface area contributed by atoms with Crippen molar-refractivity contribution in [2.24, 2.45) is 12.0 Å². The highest BCUT2D eigenvalue weighted by Gasteiger charge is 2.21. The monoisotopic (exact) mass is 305 g/mol. The van der Waals surface area contributed by atoms with E-state index in [9.17, 15) is 0 Å². The van der Waals surface area contributed by atoms with Crippen molar-refractivity contribution in [2.45, 2.75) is 20.8 Å². The molecule has 0 radical (unpaired) electrons. The lowest BCUT2D eigenvalue weighted by Crippen LogP contribution is -2.30. The molecule has 23 heavy (non-hydrogen) atoms. The summed E-state index contributed by atoms with van der Waals surface area (Å²) in [6.45, 7) is 9.96. The molecule has 0 aliphatic carbocycles. The first kappa shape index (κ1) is 15.2. The number of furan rings is 1. The van der Waals surface area contributed by atoms with Crippen LogP contribution in [0.2, 0.25) is 0 Å². The second kappa shape index (κ2) is 5.84. The molecular weight excluding hydrogens is 284 g/mol. The molecule has 0 saturated heterocycles. The van der Waals surface area contributed by atoms with Gasteiger partial charge in [0.25, 0.3) is 0 Å². The van der Waals surface area contributed by atoms with Crippen LogP contribution in [0.5, 0.6) is 0 Å². The Balaban J connectivity index is 2.41. The second-order valence-corrected chi connectivity index (χ2v) is 5.91. The number of hydrogen-bond donors (Lipinski definition) is 0. The number of hydrogen-bond acceptors (Lipinski definition) is 2. The topological polar surface area (TPSA) is 29.4 Å². The van der Waals surface area contributed by atoms with Gasteiger partial charge in [-0.1, -0.05) is 24.8 Å². The van der Waals surface area contributed by atoms with Crippen molar-refractivity contribution in [3.05, 3.63) is 54.2 Å². The quantitative estimate of drug-likeness (QED) is 0.495. The zero-order valence-electron chi connectivity index (χ0n) is 14.1. The molecule has 3 heteroatoms. The second-order valence-electron chi connectivity index (χ2n) is 5.91. The smallest absolute Gasteiger partial charge is 0.227 e. The molecule has 3 aromatic rings. The van der Waals surface area contributed by atoms with Gasteiger partial charge < -0.3 is 4.42 Å². The van der Waals surface area contributed by atoms with Crippen molar-refractivity contribution in [1.82, 2.24) is 0 Å². The van der Waals surface area contributed by atoms with E-state index in [1.54, 1.807) is 0 Å². The summed E-state index contributed by atoms with van der Waals surface area (Å²) in [6, 6.07) is 10.4. The molecule has 3 nitrogen and oxygen atoms in total. The summed E-state index contributed by atoms with van der Waals surface area (Å²) < 4.78 is 8.25. The third-order valence-corrected chi connectivity index (χ3v) is 3.93. The van der Waals surface area contributed by atoms with Gasteiger partial charge in [-0.2, -0.15) is 0 Å². The van der Waals surface area contributed by atoms with Gasteiger partial charge in [0.05, 0.1) is 5.56 Å². The van der Waals surface area contributed by atoms with Gasteiger partial charge in [0.1, 0.15) is 7.05 Å². The number of aliphatic imine (C=N–C) groups is 1. The summed E-state index contributed by atoms with van der Waals surface area (Å²) >= 11 is 0. The maximum atomic E-state index is 6.15. The Morgan fingerprint density at radius 3 is 2.65 bits per heavy atom. The van der Waals surface area contributed by atoms with Crippen LogP contribution in [0.1, 0.15) is 25.0 Å². The number of fused-ring (bicyclic) bond motifs is 1. The Hall–Kier alpha value is -2.68. The van der Waals surface area contributed by atoms with Crippen LogP contribution in [-0.2, 0) is 7.05 Å². The summed E-state index contributed by atoms with van der Waals surface area (Å²) in [4.78, 5) is 4.53. The molecule has 0 aliphatic rings. The number of aryl methyl sites for hydroxylation is 2. The normalized spacial score (nSPS) is 10.8. The van der Waals surface area contributed by atoms with Crippen molar-refractivity contribution in [1.29, 1.82) is 0 Å². The Morgan fingerprint density at radius 2 is 2.00 bits per heavy atom. The summed E-state index contributed by atoms with van der Waals surface area (Å²) in [5.41, 5.74) is 6.15. The molecule has 0 fully saturated rings. The fourth-order valence-corrected chi connectivity index (χ4v) is 2.85. The number of aromatic nitrogens is 1. The first-order valence-corrected chi connectivity index (χ1v) is 7.68. The maximum absolute atomic E-state index is 6.15. The summed E-state index contributed by atoms with van der Waals surface area (Å²) in [7, 11) is 2.04.